The first-order chi connectivity index (χ1) is 13.2. The molecule has 0 radical (unpaired) electrons. The predicted octanol–water partition coefficient (Wildman–Crippen LogP) is 2.72. The smallest absolute Gasteiger partial charge is 0.188 e. The van der Waals surface area contributed by atoms with E-state index in [0.29, 0.717) is 18.5 Å². The first-order valence-corrected chi connectivity index (χ1v) is 10.4. The van der Waals surface area contributed by atoms with E-state index in [1.54, 1.807) is 0 Å². The van der Waals surface area contributed by atoms with Gasteiger partial charge in [-0.25, -0.2) is 0 Å². The summed E-state index contributed by atoms with van der Waals surface area (Å²) in [6.07, 6.45) is 2.50. The topological polar surface area (TPSA) is 66.1 Å². The van der Waals surface area contributed by atoms with Gasteiger partial charge < -0.3 is 15.8 Å². The van der Waals surface area contributed by atoms with E-state index in [0.717, 1.165) is 44.4 Å². The molecule has 0 aliphatic carbocycles. The van der Waals surface area contributed by atoms with Crippen LogP contribution in [0.2, 0.25) is 5.02 Å². The van der Waals surface area contributed by atoms with Gasteiger partial charge in [0.2, 0.25) is 0 Å². The molecule has 0 spiro atoms. The molecule has 0 amide bonds. The van der Waals surface area contributed by atoms with Crippen molar-refractivity contribution in [1.82, 2.24) is 15.1 Å². The maximum atomic E-state index is 6.17. The molecular weight excluding hydrogens is 489 g/mol. The fraction of sp³-hybridized carbons (Fsp3) is 0.650. The molecule has 28 heavy (non-hydrogen) atoms. The molecule has 6 nitrogen and oxygen atoms in total. The number of likely N-dealkylation sites (tertiary alicyclic amines) is 1. The molecule has 2 aliphatic rings. The summed E-state index contributed by atoms with van der Waals surface area (Å²) < 4.78 is 5.51. The molecular formula is C20H33ClIN5O. The van der Waals surface area contributed by atoms with Crippen molar-refractivity contribution in [2.75, 3.05) is 52.5 Å². The van der Waals surface area contributed by atoms with Crippen LogP contribution in [0, 0.1) is 0 Å². The van der Waals surface area contributed by atoms with Crippen LogP contribution < -0.4 is 11.1 Å². The predicted molar refractivity (Wildman–Crippen MR) is 127 cm³/mol. The molecule has 2 unspecified atom stereocenters. The van der Waals surface area contributed by atoms with E-state index in [1.807, 2.05) is 12.1 Å². The van der Waals surface area contributed by atoms with Crippen LogP contribution in [0.4, 0.5) is 0 Å². The Morgan fingerprint density at radius 2 is 2.00 bits per heavy atom. The Bertz CT molecular complexity index is 609. The molecule has 1 aromatic rings. The lowest BCUT2D eigenvalue weighted by Gasteiger charge is -2.34. The van der Waals surface area contributed by atoms with Crippen molar-refractivity contribution >= 4 is 41.5 Å². The molecule has 1 aromatic carbocycles. The Balaban J connectivity index is 0.00000280. The van der Waals surface area contributed by atoms with Crippen LogP contribution in [-0.2, 0) is 4.74 Å². The normalized spacial score (nSPS) is 22.6. The quantitative estimate of drug-likeness (QED) is 0.328. The molecule has 2 heterocycles. The highest BCUT2D eigenvalue weighted by Crippen LogP contribution is 2.24. The number of nitrogens with one attached hydrogen (secondary N) is 1. The van der Waals surface area contributed by atoms with Gasteiger partial charge >= 0.3 is 0 Å². The fourth-order valence-corrected chi connectivity index (χ4v) is 4.14. The average molecular weight is 522 g/mol. The van der Waals surface area contributed by atoms with Gasteiger partial charge in [-0.1, -0.05) is 30.7 Å². The van der Waals surface area contributed by atoms with Crippen molar-refractivity contribution in [3.8, 4) is 0 Å². The zero-order valence-electron chi connectivity index (χ0n) is 16.6. The van der Waals surface area contributed by atoms with Gasteiger partial charge in [0.25, 0.3) is 0 Å². The van der Waals surface area contributed by atoms with Crippen LogP contribution in [0.5, 0.6) is 0 Å². The number of guanidine groups is 1. The highest BCUT2D eigenvalue weighted by atomic mass is 127. The highest BCUT2D eigenvalue weighted by Gasteiger charge is 2.24. The van der Waals surface area contributed by atoms with E-state index in [-0.39, 0.29) is 30.0 Å². The minimum atomic E-state index is 0. The molecule has 2 fully saturated rings. The summed E-state index contributed by atoms with van der Waals surface area (Å²) in [6.45, 7) is 9.33. The number of benzene rings is 1. The molecule has 158 valence electrons. The number of hydrogen-bond donors (Lipinski definition) is 2. The van der Waals surface area contributed by atoms with Gasteiger partial charge in [-0.15, -0.1) is 24.0 Å². The molecule has 2 saturated heterocycles. The van der Waals surface area contributed by atoms with Crippen molar-refractivity contribution in [2.45, 2.75) is 31.8 Å². The summed E-state index contributed by atoms with van der Waals surface area (Å²) in [7, 11) is 0. The van der Waals surface area contributed by atoms with E-state index in [4.69, 9.17) is 22.1 Å². The Kier molecular flexibility index (Phi) is 10.3. The van der Waals surface area contributed by atoms with Gasteiger partial charge in [0.15, 0.2) is 5.96 Å². The van der Waals surface area contributed by atoms with Crippen LogP contribution in [0.25, 0.3) is 0 Å². The zero-order valence-corrected chi connectivity index (χ0v) is 19.7. The van der Waals surface area contributed by atoms with Crippen LogP contribution in [0.15, 0.2) is 29.3 Å². The molecule has 0 aromatic heterocycles. The van der Waals surface area contributed by atoms with Crippen molar-refractivity contribution < 1.29 is 4.74 Å². The average Bonchev–Trinajstić information content (AvgIpc) is 3.16. The Labute approximate surface area is 190 Å². The largest absolute Gasteiger partial charge is 0.379 e. The molecule has 0 saturated carbocycles. The number of rotatable bonds is 7. The summed E-state index contributed by atoms with van der Waals surface area (Å²) in [4.78, 5) is 9.58. The van der Waals surface area contributed by atoms with Gasteiger partial charge in [-0.2, -0.15) is 0 Å². The minimum absolute atomic E-state index is 0. The second-order valence-electron chi connectivity index (χ2n) is 7.25. The number of likely N-dealkylation sites (N-methyl/N-ethyl adjacent to an activating group) is 1. The summed E-state index contributed by atoms with van der Waals surface area (Å²) >= 11 is 6.06. The molecule has 0 bridgehead atoms. The summed E-state index contributed by atoms with van der Waals surface area (Å²) in [5.41, 5.74) is 7.39. The summed E-state index contributed by atoms with van der Waals surface area (Å²) in [5.74, 6) is 0.533. The van der Waals surface area contributed by atoms with Gasteiger partial charge in [0.05, 0.1) is 25.8 Å². The van der Waals surface area contributed by atoms with Gasteiger partial charge in [0, 0.05) is 30.7 Å². The number of aliphatic imine (C=N–C) groups is 1. The van der Waals surface area contributed by atoms with Gasteiger partial charge in [-0.05, 0) is 43.6 Å². The summed E-state index contributed by atoms with van der Waals surface area (Å²) in [6, 6.07) is 8.79. The zero-order chi connectivity index (χ0) is 19.1. The second kappa shape index (κ2) is 12.2. The van der Waals surface area contributed by atoms with Crippen molar-refractivity contribution in [2.24, 2.45) is 10.7 Å². The van der Waals surface area contributed by atoms with Crippen LogP contribution in [-0.4, -0.2) is 74.3 Å². The fourth-order valence-electron chi connectivity index (χ4n) is 4.01. The minimum Gasteiger partial charge on any atom is -0.379 e. The lowest BCUT2D eigenvalue weighted by molar-refractivity contribution is 0.0180. The van der Waals surface area contributed by atoms with E-state index in [9.17, 15) is 0 Å². The Hall–Kier alpha value is -0.610. The monoisotopic (exact) mass is 521 g/mol. The lowest BCUT2D eigenvalue weighted by Crippen LogP contribution is -2.43. The van der Waals surface area contributed by atoms with E-state index < -0.39 is 0 Å². The number of morpholine rings is 1. The van der Waals surface area contributed by atoms with Gasteiger partial charge in [0.1, 0.15) is 0 Å². The van der Waals surface area contributed by atoms with Crippen molar-refractivity contribution in [1.29, 1.82) is 0 Å². The third-order valence-electron chi connectivity index (χ3n) is 5.60. The van der Waals surface area contributed by atoms with Gasteiger partial charge in [-0.3, -0.25) is 14.8 Å². The number of halogens is 2. The number of nitrogens with zero attached hydrogens (tertiary/aromatic N) is 3. The van der Waals surface area contributed by atoms with Crippen LogP contribution in [0.3, 0.4) is 0 Å². The second-order valence-corrected chi connectivity index (χ2v) is 7.68. The van der Waals surface area contributed by atoms with Crippen molar-refractivity contribution in [3.63, 3.8) is 0 Å². The summed E-state index contributed by atoms with van der Waals surface area (Å²) in [5, 5.41) is 4.08. The number of ether oxygens (including phenoxy) is 1. The van der Waals surface area contributed by atoms with E-state index in [2.05, 4.69) is 39.2 Å². The van der Waals surface area contributed by atoms with E-state index in [1.165, 1.54) is 24.9 Å². The Morgan fingerprint density at radius 3 is 2.68 bits per heavy atom. The third kappa shape index (κ3) is 6.73. The van der Waals surface area contributed by atoms with Crippen LogP contribution >= 0.6 is 35.6 Å². The molecule has 2 atom stereocenters. The number of hydrogen-bond acceptors (Lipinski definition) is 4. The lowest BCUT2D eigenvalue weighted by atomic mass is 10.0. The van der Waals surface area contributed by atoms with Crippen LogP contribution in [0.1, 0.15) is 31.4 Å². The molecule has 2 aliphatic heterocycles. The maximum absolute atomic E-state index is 6.17. The maximum Gasteiger partial charge on any atom is 0.188 e. The first-order valence-electron chi connectivity index (χ1n) is 10.0. The first kappa shape index (κ1) is 23.7. The van der Waals surface area contributed by atoms with E-state index >= 15 is 0 Å². The highest BCUT2D eigenvalue weighted by molar-refractivity contribution is 14.0. The Morgan fingerprint density at radius 1 is 1.29 bits per heavy atom. The number of nitrogens with two attached hydrogens (primary N) is 1. The SMILES string of the molecule is CCN1CCCC1CNC(N)=NCC(c1ccc(Cl)cc1)N1CCOCC1.I. The van der Waals surface area contributed by atoms with Crippen molar-refractivity contribution in [3.05, 3.63) is 34.9 Å². The molecule has 8 heteroatoms. The molecule has 3 rings (SSSR count). The third-order valence-corrected chi connectivity index (χ3v) is 5.85. The standard InChI is InChI=1S/C20H32ClN5O.HI/c1-2-25-9-3-4-18(25)14-23-20(22)24-15-19(26-10-12-27-13-11-26)16-5-7-17(21)8-6-16;/h5-8,18-19H,2-4,9-15H2,1H3,(H3,22,23,24);1H. The molecule has 3 N–H and O–H groups in total.